The average molecular weight is 503 g/mol. The zero-order valence-electron chi connectivity index (χ0n) is 19.0. The maximum absolute atomic E-state index is 11.9. The Hall–Kier alpha value is -4.50. The number of rotatable bonds is 5. The molecule has 0 aromatic heterocycles. The van der Waals surface area contributed by atoms with Crippen molar-refractivity contribution in [3.8, 4) is 5.75 Å². The highest BCUT2D eigenvalue weighted by Crippen LogP contribution is 2.45. The van der Waals surface area contributed by atoms with Crippen molar-refractivity contribution in [1.82, 2.24) is 0 Å². The first-order valence-corrected chi connectivity index (χ1v) is 11.4. The first-order valence-electron chi connectivity index (χ1n) is 11.0. The quantitative estimate of drug-likeness (QED) is 0.240. The van der Waals surface area contributed by atoms with Crippen LogP contribution in [0.5, 0.6) is 5.75 Å². The zero-order chi connectivity index (χ0) is 25.6. The van der Waals surface area contributed by atoms with Crippen molar-refractivity contribution in [3.63, 3.8) is 0 Å². The fourth-order valence-corrected chi connectivity index (χ4v) is 4.85. The van der Waals surface area contributed by atoms with Crippen LogP contribution in [0.15, 0.2) is 77.9 Å². The summed E-state index contributed by atoms with van der Waals surface area (Å²) in [6.45, 7) is 1.90. The molecule has 0 aliphatic carbocycles. The number of benzene rings is 4. The first kappa shape index (κ1) is 23.3. The van der Waals surface area contributed by atoms with Crippen molar-refractivity contribution in [2.45, 2.75) is 19.4 Å². The van der Waals surface area contributed by atoms with Gasteiger partial charge in [-0.3, -0.25) is 25.2 Å². The van der Waals surface area contributed by atoms with E-state index >= 15 is 0 Å². The summed E-state index contributed by atoms with van der Waals surface area (Å²) in [5.41, 5.74) is 1.87. The molecule has 0 fully saturated rings. The molecule has 0 saturated carbocycles. The largest absolute Gasteiger partial charge is 0.507 e. The molecule has 0 spiro atoms. The number of aryl methyl sites for hydroxylation is 1. The summed E-state index contributed by atoms with van der Waals surface area (Å²) in [5, 5.41) is 42.3. The van der Waals surface area contributed by atoms with Gasteiger partial charge in [0, 0.05) is 28.5 Å². The number of hydrogen-bond acceptors (Lipinski definition) is 7. The maximum Gasteiger partial charge on any atom is 0.301 e. The van der Waals surface area contributed by atoms with E-state index in [2.05, 4.69) is 0 Å². The predicted molar refractivity (Wildman–Crippen MR) is 138 cm³/mol. The molecule has 180 valence electrons. The standard InChI is InChI=1S/C26H19ClN4O5/c1-15-6-9-19(21(27)12-15)24-14-22(20-10-7-16-4-2-3-5-18(16)26(20)32)28-29(24)23-11-8-17(30(33)34)13-25(23)31(35)36/h2-13,24,32H,14H2,1H3. The molecule has 4 aromatic carbocycles. The van der Waals surface area contributed by atoms with Crippen molar-refractivity contribution in [2.75, 3.05) is 5.01 Å². The van der Waals surface area contributed by atoms with Crippen LogP contribution in [0.3, 0.4) is 0 Å². The van der Waals surface area contributed by atoms with Crippen LogP contribution in [-0.4, -0.2) is 20.7 Å². The van der Waals surface area contributed by atoms with Gasteiger partial charge in [-0.25, -0.2) is 0 Å². The van der Waals surface area contributed by atoms with E-state index in [4.69, 9.17) is 16.7 Å². The van der Waals surface area contributed by atoms with Gasteiger partial charge in [-0.05, 0) is 41.6 Å². The third-order valence-electron chi connectivity index (χ3n) is 6.25. The van der Waals surface area contributed by atoms with Gasteiger partial charge < -0.3 is 5.11 Å². The van der Waals surface area contributed by atoms with Crippen molar-refractivity contribution < 1.29 is 15.0 Å². The van der Waals surface area contributed by atoms with Gasteiger partial charge in [-0.2, -0.15) is 5.10 Å². The lowest BCUT2D eigenvalue weighted by Gasteiger charge is -2.24. The van der Waals surface area contributed by atoms with E-state index in [0.717, 1.165) is 17.0 Å². The number of nitrogens with zero attached hydrogens (tertiary/aromatic N) is 4. The third-order valence-corrected chi connectivity index (χ3v) is 6.58. The number of nitro groups is 2. The molecule has 36 heavy (non-hydrogen) atoms. The second-order valence-corrected chi connectivity index (χ2v) is 8.91. The van der Waals surface area contributed by atoms with Crippen LogP contribution >= 0.6 is 11.6 Å². The van der Waals surface area contributed by atoms with Crippen molar-refractivity contribution >= 4 is 45.1 Å². The van der Waals surface area contributed by atoms with Gasteiger partial charge in [0.05, 0.1) is 27.7 Å². The van der Waals surface area contributed by atoms with Crippen LogP contribution in [0, 0.1) is 27.2 Å². The molecule has 1 aliphatic heterocycles. The molecule has 1 unspecified atom stereocenters. The molecule has 0 bridgehead atoms. The molecule has 0 saturated heterocycles. The number of phenolic OH excluding ortho intramolecular Hbond substituents is 1. The molecule has 1 aliphatic rings. The van der Waals surface area contributed by atoms with Crippen molar-refractivity contribution in [2.24, 2.45) is 5.10 Å². The number of anilines is 1. The number of nitro benzene ring substituents is 2. The topological polar surface area (TPSA) is 122 Å². The van der Waals surface area contributed by atoms with E-state index < -0.39 is 27.3 Å². The van der Waals surface area contributed by atoms with Crippen LogP contribution in [0.25, 0.3) is 10.8 Å². The Balaban J connectivity index is 1.69. The lowest BCUT2D eigenvalue weighted by atomic mass is 9.95. The Bertz CT molecular complexity index is 1590. The molecule has 1 N–H and O–H groups in total. The van der Waals surface area contributed by atoms with E-state index in [0.29, 0.717) is 33.7 Å². The van der Waals surface area contributed by atoms with Gasteiger partial charge in [-0.1, -0.05) is 54.1 Å². The number of hydrogen-bond donors (Lipinski definition) is 1. The van der Waals surface area contributed by atoms with Gasteiger partial charge >= 0.3 is 5.69 Å². The molecular formula is C26H19ClN4O5. The SMILES string of the molecule is Cc1ccc(C2CC(c3ccc4ccccc4c3O)=NN2c2ccc([N+](=O)[O-])cc2[N+](=O)[O-])c(Cl)c1. The lowest BCUT2D eigenvalue weighted by molar-refractivity contribution is -0.393. The summed E-state index contributed by atoms with van der Waals surface area (Å²) in [6.07, 6.45) is 0.294. The Labute approximate surface area is 210 Å². The van der Waals surface area contributed by atoms with E-state index in [1.165, 1.54) is 17.1 Å². The number of halogens is 1. The Morgan fingerprint density at radius 1 is 1.00 bits per heavy atom. The van der Waals surface area contributed by atoms with E-state index in [1.807, 2.05) is 43.3 Å². The highest BCUT2D eigenvalue weighted by Gasteiger charge is 2.36. The number of phenols is 1. The summed E-state index contributed by atoms with van der Waals surface area (Å²) in [4.78, 5) is 21.8. The molecule has 4 aromatic rings. The van der Waals surface area contributed by atoms with Crippen LogP contribution in [0.4, 0.5) is 17.1 Å². The van der Waals surface area contributed by atoms with Gasteiger partial charge in [0.15, 0.2) is 0 Å². The van der Waals surface area contributed by atoms with Crippen molar-refractivity contribution in [3.05, 3.63) is 115 Å². The summed E-state index contributed by atoms with van der Waals surface area (Å²) < 4.78 is 0. The normalized spacial score (nSPS) is 15.2. The zero-order valence-corrected chi connectivity index (χ0v) is 19.7. The summed E-state index contributed by atoms with van der Waals surface area (Å²) in [6, 6.07) is 19.4. The van der Waals surface area contributed by atoms with Gasteiger partial charge in [0.2, 0.25) is 0 Å². The molecule has 10 heteroatoms. The first-order chi connectivity index (χ1) is 17.2. The van der Waals surface area contributed by atoms with Crippen LogP contribution in [0.1, 0.15) is 29.2 Å². The summed E-state index contributed by atoms with van der Waals surface area (Å²) in [5.74, 6) is 0.0562. The molecule has 1 atom stereocenters. The lowest BCUT2D eigenvalue weighted by Crippen LogP contribution is -2.20. The Morgan fingerprint density at radius 3 is 2.50 bits per heavy atom. The molecule has 1 heterocycles. The van der Waals surface area contributed by atoms with Crippen LogP contribution in [-0.2, 0) is 0 Å². The Kier molecular flexibility index (Phi) is 5.77. The smallest absolute Gasteiger partial charge is 0.301 e. The van der Waals surface area contributed by atoms with E-state index in [9.17, 15) is 25.3 Å². The number of hydrazone groups is 1. The fraction of sp³-hybridized carbons (Fsp3) is 0.115. The molecule has 0 radical (unpaired) electrons. The van der Waals surface area contributed by atoms with E-state index in [-0.39, 0.29) is 11.4 Å². The highest BCUT2D eigenvalue weighted by atomic mass is 35.5. The van der Waals surface area contributed by atoms with Gasteiger partial charge in [-0.15, -0.1) is 0 Å². The predicted octanol–water partition coefficient (Wildman–Crippen LogP) is 6.68. The highest BCUT2D eigenvalue weighted by molar-refractivity contribution is 6.31. The third kappa shape index (κ3) is 3.99. The van der Waals surface area contributed by atoms with E-state index in [1.54, 1.807) is 18.2 Å². The van der Waals surface area contributed by atoms with Crippen molar-refractivity contribution in [1.29, 1.82) is 0 Å². The number of aromatic hydroxyl groups is 1. The molecular weight excluding hydrogens is 484 g/mol. The number of non-ortho nitro benzene ring substituents is 1. The molecule has 9 nitrogen and oxygen atoms in total. The van der Waals surface area contributed by atoms with Crippen LogP contribution in [0.2, 0.25) is 5.02 Å². The summed E-state index contributed by atoms with van der Waals surface area (Å²) >= 11 is 6.58. The van der Waals surface area contributed by atoms with Gasteiger partial charge in [0.25, 0.3) is 5.69 Å². The maximum atomic E-state index is 11.9. The molecule has 5 rings (SSSR count). The minimum absolute atomic E-state index is 0.0562. The molecule has 0 amide bonds. The monoisotopic (exact) mass is 502 g/mol. The fourth-order valence-electron chi connectivity index (χ4n) is 4.49. The number of fused-ring (bicyclic) bond motifs is 1. The second-order valence-electron chi connectivity index (χ2n) is 8.51. The summed E-state index contributed by atoms with van der Waals surface area (Å²) in [7, 11) is 0. The minimum Gasteiger partial charge on any atom is -0.507 e. The second kappa shape index (κ2) is 8.94. The Morgan fingerprint density at radius 2 is 1.78 bits per heavy atom. The van der Waals surface area contributed by atoms with Gasteiger partial charge in [0.1, 0.15) is 11.4 Å². The average Bonchev–Trinajstić information content (AvgIpc) is 3.28. The van der Waals surface area contributed by atoms with Crippen LogP contribution < -0.4 is 5.01 Å². The minimum atomic E-state index is -0.684.